The minimum absolute atomic E-state index is 0.188. The molecule has 1 fully saturated rings. The predicted octanol–water partition coefficient (Wildman–Crippen LogP) is 2.16. The highest BCUT2D eigenvalue weighted by molar-refractivity contribution is 9.10. The number of nitrogens with one attached hydrogen (secondary N) is 1. The molecule has 0 bridgehead atoms. The van der Waals surface area contributed by atoms with Gasteiger partial charge < -0.3 is 5.32 Å². The van der Waals surface area contributed by atoms with Gasteiger partial charge in [-0.2, -0.15) is 0 Å². The van der Waals surface area contributed by atoms with Crippen molar-refractivity contribution in [2.45, 2.75) is 6.04 Å². The molecule has 1 unspecified atom stereocenters. The average Bonchev–Trinajstić information content (AvgIpc) is 2.23. The van der Waals surface area contributed by atoms with Gasteiger partial charge >= 0.3 is 0 Å². The van der Waals surface area contributed by atoms with Crippen LogP contribution in [0.5, 0.6) is 0 Å². The van der Waals surface area contributed by atoms with Crippen molar-refractivity contribution in [3.8, 4) is 0 Å². The summed E-state index contributed by atoms with van der Waals surface area (Å²) >= 11 is 3.16. The molecule has 1 aliphatic heterocycles. The van der Waals surface area contributed by atoms with Crippen molar-refractivity contribution in [3.63, 3.8) is 0 Å². The van der Waals surface area contributed by atoms with Gasteiger partial charge in [0.25, 0.3) is 0 Å². The molecule has 0 amide bonds. The fourth-order valence-electron chi connectivity index (χ4n) is 1.90. The Kier molecular flexibility index (Phi) is 3.38. The first-order chi connectivity index (χ1) is 7.18. The summed E-state index contributed by atoms with van der Waals surface area (Å²) in [4.78, 5) is 2.25. The lowest BCUT2D eigenvalue weighted by atomic mass is 10.0. The number of piperazine rings is 1. The third-order valence-electron chi connectivity index (χ3n) is 2.84. The molecule has 82 valence electrons. The number of benzene rings is 1. The van der Waals surface area contributed by atoms with E-state index in [0.717, 1.165) is 25.2 Å². The molecule has 1 aromatic rings. The molecule has 1 atom stereocenters. The van der Waals surface area contributed by atoms with E-state index in [1.54, 1.807) is 12.1 Å². The Bertz CT molecular complexity index is 356. The van der Waals surface area contributed by atoms with E-state index in [1.807, 2.05) is 6.07 Å². The van der Waals surface area contributed by atoms with Crippen molar-refractivity contribution in [1.29, 1.82) is 0 Å². The number of hydrogen-bond acceptors (Lipinski definition) is 2. The van der Waals surface area contributed by atoms with Gasteiger partial charge in [0.2, 0.25) is 0 Å². The highest BCUT2D eigenvalue weighted by Gasteiger charge is 2.20. The quantitative estimate of drug-likeness (QED) is 0.843. The fourth-order valence-corrected chi connectivity index (χ4v) is 2.14. The van der Waals surface area contributed by atoms with Gasteiger partial charge in [-0.3, -0.25) is 4.90 Å². The Hall–Kier alpha value is -0.450. The molecular weight excluding hydrogens is 259 g/mol. The van der Waals surface area contributed by atoms with Crippen molar-refractivity contribution in [3.05, 3.63) is 34.1 Å². The van der Waals surface area contributed by atoms with E-state index in [9.17, 15) is 4.39 Å². The minimum Gasteiger partial charge on any atom is -0.314 e. The van der Waals surface area contributed by atoms with Crippen LogP contribution < -0.4 is 5.32 Å². The number of nitrogens with zero attached hydrogens (tertiary/aromatic N) is 1. The fraction of sp³-hybridized carbons (Fsp3) is 0.455. The van der Waals surface area contributed by atoms with Gasteiger partial charge in [-0.25, -0.2) is 4.39 Å². The molecule has 15 heavy (non-hydrogen) atoms. The third-order valence-corrected chi connectivity index (χ3v) is 3.48. The van der Waals surface area contributed by atoms with E-state index in [2.05, 4.69) is 33.2 Å². The number of hydrogen-bond donors (Lipinski definition) is 1. The van der Waals surface area contributed by atoms with Crippen LogP contribution in [0.2, 0.25) is 0 Å². The molecule has 0 spiro atoms. The monoisotopic (exact) mass is 272 g/mol. The van der Waals surface area contributed by atoms with Gasteiger partial charge in [0, 0.05) is 25.7 Å². The smallest absolute Gasteiger partial charge is 0.137 e. The number of rotatable bonds is 1. The number of likely N-dealkylation sites (N-methyl/N-ethyl adjacent to an activating group) is 1. The van der Waals surface area contributed by atoms with Gasteiger partial charge in [0.1, 0.15) is 5.82 Å². The molecular formula is C11H14BrFN2. The summed E-state index contributed by atoms with van der Waals surface area (Å²) < 4.78 is 13.9. The van der Waals surface area contributed by atoms with Crippen LogP contribution in [0.15, 0.2) is 22.7 Å². The van der Waals surface area contributed by atoms with Crippen molar-refractivity contribution >= 4 is 15.9 Å². The minimum atomic E-state index is -0.188. The second-order valence-electron chi connectivity index (χ2n) is 3.87. The first kappa shape index (κ1) is 11.0. The summed E-state index contributed by atoms with van der Waals surface area (Å²) in [5.41, 5.74) is 1.03. The summed E-state index contributed by atoms with van der Waals surface area (Å²) in [6, 6.07) is 5.63. The molecule has 0 aromatic heterocycles. The zero-order valence-corrected chi connectivity index (χ0v) is 10.2. The molecule has 0 radical (unpaired) electrons. The lowest BCUT2D eigenvalue weighted by molar-refractivity contribution is 0.202. The van der Waals surface area contributed by atoms with Crippen molar-refractivity contribution in [2.24, 2.45) is 0 Å². The maximum Gasteiger partial charge on any atom is 0.137 e. The lowest BCUT2D eigenvalue weighted by Gasteiger charge is -2.33. The molecule has 0 aliphatic carbocycles. The van der Waals surface area contributed by atoms with Gasteiger partial charge in [0.15, 0.2) is 0 Å². The molecule has 2 rings (SSSR count). The molecule has 1 aromatic carbocycles. The maximum absolute atomic E-state index is 13.4. The van der Waals surface area contributed by atoms with E-state index < -0.39 is 0 Å². The largest absolute Gasteiger partial charge is 0.314 e. The summed E-state index contributed by atoms with van der Waals surface area (Å²) in [5, 5.41) is 3.32. The standard InChI is InChI=1S/C11H14BrFN2/c1-15-5-4-14-7-11(15)8-2-3-9(12)10(13)6-8/h2-3,6,11,14H,4-5,7H2,1H3. The van der Waals surface area contributed by atoms with Crippen molar-refractivity contribution < 1.29 is 4.39 Å². The highest BCUT2D eigenvalue weighted by Crippen LogP contribution is 2.24. The van der Waals surface area contributed by atoms with Gasteiger partial charge in [-0.05, 0) is 40.7 Å². The van der Waals surface area contributed by atoms with Crippen LogP contribution in [0.25, 0.3) is 0 Å². The first-order valence-electron chi connectivity index (χ1n) is 5.04. The topological polar surface area (TPSA) is 15.3 Å². The third kappa shape index (κ3) is 2.38. The second-order valence-corrected chi connectivity index (χ2v) is 4.73. The van der Waals surface area contributed by atoms with Crippen LogP contribution in [0.1, 0.15) is 11.6 Å². The predicted molar refractivity (Wildman–Crippen MR) is 62.3 cm³/mol. The van der Waals surface area contributed by atoms with Crippen LogP contribution in [0.3, 0.4) is 0 Å². The Morgan fingerprint density at radius 1 is 1.53 bits per heavy atom. The van der Waals surface area contributed by atoms with Crippen molar-refractivity contribution in [1.82, 2.24) is 10.2 Å². The Morgan fingerprint density at radius 3 is 3.00 bits per heavy atom. The average molecular weight is 273 g/mol. The molecule has 1 heterocycles. The normalized spacial score (nSPS) is 23.0. The molecule has 1 aliphatic rings. The molecule has 1 saturated heterocycles. The Balaban J connectivity index is 2.24. The number of halogens is 2. The van der Waals surface area contributed by atoms with Crippen LogP contribution >= 0.6 is 15.9 Å². The molecule has 1 N–H and O–H groups in total. The molecule has 4 heteroatoms. The van der Waals surface area contributed by atoms with E-state index in [4.69, 9.17) is 0 Å². The van der Waals surface area contributed by atoms with Crippen LogP contribution in [0.4, 0.5) is 4.39 Å². The van der Waals surface area contributed by atoms with E-state index in [1.165, 1.54) is 0 Å². The van der Waals surface area contributed by atoms with Crippen LogP contribution in [-0.2, 0) is 0 Å². The summed E-state index contributed by atoms with van der Waals surface area (Å²) in [6.07, 6.45) is 0. The molecule has 2 nitrogen and oxygen atoms in total. The van der Waals surface area contributed by atoms with Gasteiger partial charge in [-0.15, -0.1) is 0 Å². The summed E-state index contributed by atoms with van der Waals surface area (Å²) in [7, 11) is 2.07. The van der Waals surface area contributed by atoms with Crippen LogP contribution in [0, 0.1) is 5.82 Å². The molecule has 0 saturated carbocycles. The maximum atomic E-state index is 13.4. The van der Waals surface area contributed by atoms with Crippen molar-refractivity contribution in [2.75, 3.05) is 26.7 Å². The second kappa shape index (κ2) is 4.60. The van der Waals surface area contributed by atoms with Crippen LogP contribution in [-0.4, -0.2) is 31.6 Å². The van der Waals surface area contributed by atoms with E-state index in [0.29, 0.717) is 4.47 Å². The lowest BCUT2D eigenvalue weighted by Crippen LogP contribution is -2.43. The summed E-state index contributed by atoms with van der Waals surface area (Å²) in [6.45, 7) is 2.89. The zero-order valence-electron chi connectivity index (χ0n) is 8.63. The van der Waals surface area contributed by atoms with E-state index in [-0.39, 0.29) is 11.9 Å². The summed E-state index contributed by atoms with van der Waals surface area (Å²) in [5.74, 6) is -0.188. The van der Waals surface area contributed by atoms with Gasteiger partial charge in [0.05, 0.1) is 4.47 Å². The highest BCUT2D eigenvalue weighted by atomic mass is 79.9. The first-order valence-corrected chi connectivity index (χ1v) is 5.83. The Labute approximate surface area is 97.6 Å². The SMILES string of the molecule is CN1CCNCC1c1ccc(Br)c(F)c1. The van der Waals surface area contributed by atoms with Gasteiger partial charge in [-0.1, -0.05) is 6.07 Å². The zero-order chi connectivity index (χ0) is 10.8. The Morgan fingerprint density at radius 2 is 2.33 bits per heavy atom. The van der Waals surface area contributed by atoms with E-state index >= 15 is 0 Å².